The Morgan fingerprint density at radius 1 is 1.43 bits per heavy atom. The van der Waals surface area contributed by atoms with E-state index in [0.717, 1.165) is 24.8 Å². The topological polar surface area (TPSA) is 49.4 Å². The average molecular weight is 309 g/mol. The van der Waals surface area contributed by atoms with E-state index in [0.29, 0.717) is 24.5 Å². The molecule has 0 aliphatic carbocycles. The van der Waals surface area contributed by atoms with Crippen molar-refractivity contribution in [3.8, 4) is 0 Å². The molecule has 1 fully saturated rings. The van der Waals surface area contributed by atoms with Crippen LogP contribution in [0.1, 0.15) is 38.2 Å². The summed E-state index contributed by atoms with van der Waals surface area (Å²) in [5, 5.41) is 3.56. The van der Waals surface area contributed by atoms with Crippen LogP contribution >= 0.6 is 11.6 Å². The molecular formula is C16H21ClN2O2. The van der Waals surface area contributed by atoms with Crippen molar-refractivity contribution >= 4 is 23.4 Å². The van der Waals surface area contributed by atoms with Crippen LogP contribution in [0.25, 0.3) is 0 Å². The van der Waals surface area contributed by atoms with E-state index in [1.54, 1.807) is 11.0 Å². The van der Waals surface area contributed by atoms with Gasteiger partial charge in [0.15, 0.2) is 0 Å². The predicted octanol–water partition coefficient (Wildman–Crippen LogP) is 2.75. The Hall–Kier alpha value is -1.55. The molecule has 0 spiro atoms. The van der Waals surface area contributed by atoms with Gasteiger partial charge in [-0.3, -0.25) is 9.59 Å². The van der Waals surface area contributed by atoms with E-state index in [2.05, 4.69) is 5.32 Å². The van der Waals surface area contributed by atoms with Crippen LogP contribution in [-0.4, -0.2) is 29.3 Å². The van der Waals surface area contributed by atoms with Crippen LogP contribution in [0, 0.1) is 0 Å². The quantitative estimate of drug-likeness (QED) is 0.909. The van der Waals surface area contributed by atoms with Crippen LogP contribution < -0.4 is 5.32 Å². The first kappa shape index (κ1) is 15.8. The van der Waals surface area contributed by atoms with Gasteiger partial charge in [0.25, 0.3) is 0 Å². The number of carbonyl (C=O) groups excluding carboxylic acids is 2. The molecule has 0 saturated carbocycles. The summed E-state index contributed by atoms with van der Waals surface area (Å²) < 4.78 is 0. The van der Waals surface area contributed by atoms with Gasteiger partial charge >= 0.3 is 0 Å². The fraction of sp³-hybridized carbons (Fsp3) is 0.500. The van der Waals surface area contributed by atoms with Crippen LogP contribution in [0.4, 0.5) is 0 Å². The van der Waals surface area contributed by atoms with Gasteiger partial charge in [-0.05, 0) is 37.0 Å². The summed E-state index contributed by atoms with van der Waals surface area (Å²) in [4.78, 5) is 26.0. The number of hydrogen-bond donors (Lipinski definition) is 1. The second kappa shape index (κ2) is 7.46. The van der Waals surface area contributed by atoms with Crippen molar-refractivity contribution < 1.29 is 9.59 Å². The smallest absolute Gasteiger partial charge is 0.243 e. The molecule has 5 heteroatoms. The lowest BCUT2D eigenvalue weighted by molar-refractivity contribution is -0.138. The van der Waals surface area contributed by atoms with Crippen molar-refractivity contribution in [1.29, 1.82) is 0 Å². The predicted molar refractivity (Wildman–Crippen MR) is 82.9 cm³/mol. The summed E-state index contributed by atoms with van der Waals surface area (Å²) in [5.41, 5.74) is 0.959. The summed E-state index contributed by atoms with van der Waals surface area (Å²) in [6.45, 7) is 3.10. The molecule has 1 aliphatic heterocycles. The van der Waals surface area contributed by atoms with Crippen molar-refractivity contribution in [2.45, 2.75) is 45.2 Å². The second-order valence-electron chi connectivity index (χ2n) is 5.34. The molecule has 1 saturated heterocycles. The Balaban J connectivity index is 1.91. The maximum Gasteiger partial charge on any atom is 0.243 e. The van der Waals surface area contributed by atoms with Crippen LogP contribution in [0.3, 0.4) is 0 Å². The molecule has 1 aromatic rings. The SMILES string of the molecule is CCCC(=O)N1CCC[C@H]1C(=O)NCc1cccc(Cl)c1. The van der Waals surface area contributed by atoms with Crippen molar-refractivity contribution in [1.82, 2.24) is 10.2 Å². The van der Waals surface area contributed by atoms with Gasteiger partial charge in [-0.25, -0.2) is 0 Å². The number of nitrogens with one attached hydrogen (secondary N) is 1. The van der Waals surface area contributed by atoms with Gasteiger partial charge in [-0.15, -0.1) is 0 Å². The standard InChI is InChI=1S/C16H21ClN2O2/c1-2-5-15(20)19-9-4-8-14(19)16(21)18-11-12-6-3-7-13(17)10-12/h3,6-7,10,14H,2,4-5,8-9,11H2,1H3,(H,18,21)/t14-/m0/s1. The van der Waals surface area contributed by atoms with Crippen LogP contribution in [0.15, 0.2) is 24.3 Å². The van der Waals surface area contributed by atoms with Gasteiger partial charge < -0.3 is 10.2 Å². The van der Waals surface area contributed by atoms with Crippen molar-refractivity contribution in [2.24, 2.45) is 0 Å². The number of hydrogen-bond acceptors (Lipinski definition) is 2. The molecule has 114 valence electrons. The van der Waals surface area contributed by atoms with Gasteiger partial charge in [0, 0.05) is 24.5 Å². The number of carbonyl (C=O) groups is 2. The Bertz CT molecular complexity index is 519. The number of halogens is 1. The fourth-order valence-corrected chi connectivity index (χ4v) is 2.86. The van der Waals surface area contributed by atoms with Crippen LogP contribution in [-0.2, 0) is 16.1 Å². The molecule has 21 heavy (non-hydrogen) atoms. The maximum atomic E-state index is 12.3. The lowest BCUT2D eigenvalue weighted by Gasteiger charge is -2.23. The third-order valence-electron chi connectivity index (χ3n) is 3.70. The first-order valence-corrected chi connectivity index (χ1v) is 7.81. The molecule has 1 N–H and O–H groups in total. The van der Waals surface area contributed by atoms with Gasteiger partial charge in [0.05, 0.1) is 0 Å². The van der Waals surface area contributed by atoms with Gasteiger partial charge in [0.1, 0.15) is 6.04 Å². The highest BCUT2D eigenvalue weighted by Gasteiger charge is 2.33. The van der Waals surface area contributed by atoms with E-state index in [1.165, 1.54) is 0 Å². The molecule has 0 aromatic heterocycles. The lowest BCUT2D eigenvalue weighted by Crippen LogP contribution is -2.45. The lowest BCUT2D eigenvalue weighted by atomic mass is 10.1. The van der Waals surface area contributed by atoms with E-state index in [4.69, 9.17) is 11.6 Å². The summed E-state index contributed by atoms with van der Waals surface area (Å²) >= 11 is 5.92. The number of likely N-dealkylation sites (tertiary alicyclic amines) is 1. The molecule has 1 aliphatic rings. The monoisotopic (exact) mass is 308 g/mol. The highest BCUT2D eigenvalue weighted by atomic mass is 35.5. The second-order valence-corrected chi connectivity index (χ2v) is 5.78. The molecule has 0 radical (unpaired) electrons. The minimum Gasteiger partial charge on any atom is -0.350 e. The molecule has 1 heterocycles. The number of amides is 2. The first-order chi connectivity index (χ1) is 10.1. The van der Waals surface area contributed by atoms with E-state index in [1.807, 2.05) is 25.1 Å². The molecule has 1 aromatic carbocycles. The Kier molecular flexibility index (Phi) is 5.62. The Morgan fingerprint density at radius 3 is 2.95 bits per heavy atom. The Labute approximate surface area is 130 Å². The molecular weight excluding hydrogens is 288 g/mol. The zero-order valence-corrected chi connectivity index (χ0v) is 13.0. The number of nitrogens with zero attached hydrogens (tertiary/aromatic N) is 1. The third kappa shape index (κ3) is 4.21. The summed E-state index contributed by atoms with van der Waals surface area (Å²) in [6.07, 6.45) is 2.96. The van der Waals surface area contributed by atoms with Crippen LogP contribution in [0.2, 0.25) is 5.02 Å². The fourth-order valence-electron chi connectivity index (χ4n) is 2.65. The van der Waals surface area contributed by atoms with Crippen molar-refractivity contribution in [2.75, 3.05) is 6.54 Å². The van der Waals surface area contributed by atoms with Gasteiger partial charge in [0.2, 0.25) is 11.8 Å². The molecule has 2 amide bonds. The average Bonchev–Trinajstić information content (AvgIpc) is 2.94. The molecule has 0 unspecified atom stereocenters. The van der Waals surface area contributed by atoms with E-state index in [-0.39, 0.29) is 17.9 Å². The normalized spacial score (nSPS) is 17.8. The molecule has 0 bridgehead atoms. The zero-order valence-electron chi connectivity index (χ0n) is 12.3. The Morgan fingerprint density at radius 2 is 2.24 bits per heavy atom. The number of rotatable bonds is 5. The molecule has 4 nitrogen and oxygen atoms in total. The zero-order chi connectivity index (χ0) is 15.2. The van der Waals surface area contributed by atoms with Gasteiger partial charge in [-0.1, -0.05) is 30.7 Å². The van der Waals surface area contributed by atoms with Crippen molar-refractivity contribution in [3.05, 3.63) is 34.9 Å². The van der Waals surface area contributed by atoms with Gasteiger partial charge in [-0.2, -0.15) is 0 Å². The summed E-state index contributed by atoms with van der Waals surface area (Å²) in [7, 11) is 0. The highest BCUT2D eigenvalue weighted by Crippen LogP contribution is 2.19. The van der Waals surface area contributed by atoms with E-state index >= 15 is 0 Å². The van der Waals surface area contributed by atoms with E-state index in [9.17, 15) is 9.59 Å². The van der Waals surface area contributed by atoms with Crippen molar-refractivity contribution in [3.63, 3.8) is 0 Å². The minimum absolute atomic E-state index is 0.0723. The highest BCUT2D eigenvalue weighted by molar-refractivity contribution is 6.30. The molecule has 2 rings (SSSR count). The largest absolute Gasteiger partial charge is 0.350 e. The molecule has 1 atom stereocenters. The maximum absolute atomic E-state index is 12.3. The third-order valence-corrected chi connectivity index (χ3v) is 3.93. The van der Waals surface area contributed by atoms with Crippen LogP contribution in [0.5, 0.6) is 0 Å². The minimum atomic E-state index is -0.316. The first-order valence-electron chi connectivity index (χ1n) is 7.43. The summed E-state index contributed by atoms with van der Waals surface area (Å²) in [6, 6.07) is 7.09. The number of benzene rings is 1. The van der Waals surface area contributed by atoms with E-state index < -0.39 is 0 Å². The summed E-state index contributed by atoms with van der Waals surface area (Å²) in [5.74, 6) is 0.00911.